The third kappa shape index (κ3) is 2.79. The highest BCUT2D eigenvalue weighted by Gasteiger charge is 2.35. The summed E-state index contributed by atoms with van der Waals surface area (Å²) < 4.78 is 0. The first-order valence-electron chi connectivity index (χ1n) is 8.30. The fourth-order valence-electron chi connectivity index (χ4n) is 3.96. The molecule has 2 saturated heterocycles. The minimum atomic E-state index is 0.274. The molecule has 2 unspecified atom stereocenters. The first kappa shape index (κ1) is 14.3. The smallest absolute Gasteiger partial charge is 0.140 e. The molecule has 0 N–H and O–H groups in total. The zero-order valence-corrected chi connectivity index (χ0v) is 13.5. The normalized spacial score (nSPS) is 27.7. The predicted octanol–water partition coefficient (Wildman–Crippen LogP) is 4.41. The molecule has 2 aliphatic rings. The Morgan fingerprint density at radius 3 is 2.73 bits per heavy atom. The van der Waals surface area contributed by atoms with Gasteiger partial charge in [-0.15, -0.1) is 0 Å². The molecule has 22 heavy (non-hydrogen) atoms. The van der Waals surface area contributed by atoms with Gasteiger partial charge in [0.2, 0.25) is 0 Å². The Hall–Kier alpha value is -1.35. The number of hydrogen-bond acceptors (Lipinski definition) is 3. The molecule has 114 valence electrons. The fourth-order valence-corrected chi connectivity index (χ4v) is 5.80. The summed E-state index contributed by atoms with van der Waals surface area (Å²) in [5.41, 5.74) is 2.08. The second-order valence-corrected chi connectivity index (χ2v) is 8.22. The van der Waals surface area contributed by atoms with Gasteiger partial charge in [-0.3, -0.25) is 9.78 Å². The van der Waals surface area contributed by atoms with E-state index in [0.29, 0.717) is 12.2 Å². The van der Waals surface area contributed by atoms with Crippen LogP contribution in [0.15, 0.2) is 36.5 Å². The molecule has 0 radical (unpaired) electrons. The van der Waals surface area contributed by atoms with Gasteiger partial charge in [0.05, 0.1) is 5.52 Å². The van der Waals surface area contributed by atoms with Crippen molar-refractivity contribution in [1.29, 1.82) is 0 Å². The molecule has 0 aliphatic carbocycles. The van der Waals surface area contributed by atoms with E-state index in [9.17, 15) is 4.79 Å². The van der Waals surface area contributed by atoms with E-state index in [-0.39, 0.29) is 5.92 Å². The molecule has 2 atom stereocenters. The van der Waals surface area contributed by atoms with Gasteiger partial charge in [0.25, 0.3) is 0 Å². The number of ketones is 1. The van der Waals surface area contributed by atoms with Crippen LogP contribution in [-0.4, -0.2) is 21.3 Å². The largest absolute Gasteiger partial charge is 0.299 e. The second kappa shape index (κ2) is 6.04. The Morgan fingerprint density at radius 1 is 1.14 bits per heavy atom. The van der Waals surface area contributed by atoms with Gasteiger partial charge >= 0.3 is 0 Å². The van der Waals surface area contributed by atoms with Gasteiger partial charge in [-0.1, -0.05) is 30.7 Å². The summed E-state index contributed by atoms with van der Waals surface area (Å²) in [5, 5.41) is 2.59. The topological polar surface area (TPSA) is 30.0 Å². The maximum absolute atomic E-state index is 12.8. The third-order valence-electron chi connectivity index (χ3n) is 5.07. The summed E-state index contributed by atoms with van der Waals surface area (Å²) in [6.45, 7) is 0. The number of pyridine rings is 1. The van der Waals surface area contributed by atoms with Crippen LogP contribution in [-0.2, 0) is 11.2 Å². The number of Topliss-reactive ketones (excluding diaryl/α,β-unsaturated/α-hetero) is 1. The van der Waals surface area contributed by atoms with E-state index in [1.165, 1.54) is 19.3 Å². The summed E-state index contributed by atoms with van der Waals surface area (Å²) >= 11 is 2.14. The average molecular weight is 311 g/mol. The van der Waals surface area contributed by atoms with Crippen LogP contribution in [0.25, 0.3) is 10.9 Å². The highest BCUT2D eigenvalue weighted by atomic mass is 32.2. The number of nitrogens with zero attached hydrogens (tertiary/aromatic N) is 1. The highest BCUT2D eigenvalue weighted by molar-refractivity contribution is 8.00. The first-order valence-corrected chi connectivity index (χ1v) is 9.24. The Morgan fingerprint density at radius 2 is 1.91 bits per heavy atom. The zero-order valence-electron chi connectivity index (χ0n) is 12.7. The molecule has 4 rings (SSSR count). The van der Waals surface area contributed by atoms with Crippen molar-refractivity contribution in [2.75, 3.05) is 0 Å². The van der Waals surface area contributed by atoms with E-state index in [1.54, 1.807) is 0 Å². The molecular formula is C19H21NOS. The van der Waals surface area contributed by atoms with Crippen LogP contribution in [0.3, 0.4) is 0 Å². The van der Waals surface area contributed by atoms with Crippen LogP contribution >= 0.6 is 11.8 Å². The molecule has 2 nitrogen and oxygen atoms in total. The van der Waals surface area contributed by atoms with E-state index in [0.717, 1.165) is 39.8 Å². The van der Waals surface area contributed by atoms with Crippen molar-refractivity contribution >= 4 is 28.4 Å². The molecule has 2 fully saturated rings. The zero-order chi connectivity index (χ0) is 14.9. The molecule has 3 heterocycles. The molecule has 1 aromatic carbocycles. The Labute approximate surface area is 135 Å². The number of rotatable bonds is 3. The number of benzene rings is 1. The standard InChI is InChI=1S/C19H21NOS/c21-18(15-10-16-7-2-8-17(11-15)22-16)12-14-5-1-4-13-6-3-9-20-19(13)14/h1,3-6,9,15-17H,2,7-8,10-12H2. The number of carbonyl (C=O) groups is 1. The Bertz CT molecular complexity index is 681. The molecule has 1 aromatic heterocycles. The van der Waals surface area contributed by atoms with Gasteiger partial charge in [0, 0.05) is 34.4 Å². The van der Waals surface area contributed by atoms with Crippen LogP contribution in [0.1, 0.15) is 37.7 Å². The lowest BCUT2D eigenvalue weighted by Crippen LogP contribution is -2.33. The van der Waals surface area contributed by atoms with Crippen LogP contribution < -0.4 is 0 Å². The molecule has 2 aliphatic heterocycles. The lowest BCUT2D eigenvalue weighted by atomic mass is 9.84. The maximum Gasteiger partial charge on any atom is 0.140 e. The van der Waals surface area contributed by atoms with E-state index in [4.69, 9.17) is 0 Å². The average Bonchev–Trinajstić information content (AvgIpc) is 2.55. The molecular weight excluding hydrogens is 290 g/mol. The van der Waals surface area contributed by atoms with Gasteiger partial charge in [-0.2, -0.15) is 11.8 Å². The van der Waals surface area contributed by atoms with Crippen LogP contribution in [0.2, 0.25) is 0 Å². The summed E-state index contributed by atoms with van der Waals surface area (Å²) in [6.07, 6.45) is 8.52. The Balaban J connectivity index is 1.54. The number of hydrogen-bond donors (Lipinski definition) is 0. The molecule has 2 aromatic rings. The number of fused-ring (bicyclic) bond motifs is 3. The van der Waals surface area contributed by atoms with Crippen molar-refractivity contribution in [3.8, 4) is 0 Å². The summed E-state index contributed by atoms with van der Waals surface area (Å²) in [6, 6.07) is 10.2. The van der Waals surface area contributed by atoms with E-state index in [2.05, 4.69) is 34.9 Å². The Kier molecular flexibility index (Phi) is 3.91. The summed E-state index contributed by atoms with van der Waals surface area (Å²) in [4.78, 5) is 17.3. The van der Waals surface area contributed by atoms with E-state index < -0.39 is 0 Å². The minimum Gasteiger partial charge on any atom is -0.299 e. The maximum atomic E-state index is 12.8. The van der Waals surface area contributed by atoms with Gasteiger partial charge < -0.3 is 0 Å². The van der Waals surface area contributed by atoms with Crippen molar-refractivity contribution in [1.82, 2.24) is 4.98 Å². The lowest BCUT2D eigenvalue weighted by molar-refractivity contribution is -0.122. The van der Waals surface area contributed by atoms with Gasteiger partial charge in [0.1, 0.15) is 5.78 Å². The SMILES string of the molecule is O=C(Cc1cccc2cccnc12)C1CC2CCCC(C1)S2. The van der Waals surface area contributed by atoms with Crippen molar-refractivity contribution < 1.29 is 4.79 Å². The highest BCUT2D eigenvalue weighted by Crippen LogP contribution is 2.44. The predicted molar refractivity (Wildman–Crippen MR) is 92.2 cm³/mol. The molecule has 2 bridgehead atoms. The summed E-state index contributed by atoms with van der Waals surface area (Å²) in [7, 11) is 0. The molecule has 0 spiro atoms. The number of para-hydroxylation sites is 1. The van der Waals surface area contributed by atoms with Gasteiger partial charge in [-0.05, 0) is 37.3 Å². The number of thioether (sulfide) groups is 1. The van der Waals surface area contributed by atoms with E-state index >= 15 is 0 Å². The fraction of sp³-hybridized carbons (Fsp3) is 0.474. The molecule has 0 saturated carbocycles. The number of carbonyl (C=O) groups excluding carboxylic acids is 1. The lowest BCUT2D eigenvalue weighted by Gasteiger charge is -2.38. The van der Waals surface area contributed by atoms with Crippen molar-refractivity contribution in [2.45, 2.75) is 49.0 Å². The van der Waals surface area contributed by atoms with Gasteiger partial charge in [-0.25, -0.2) is 0 Å². The quantitative estimate of drug-likeness (QED) is 0.841. The number of aromatic nitrogens is 1. The molecule has 3 heteroatoms. The van der Waals surface area contributed by atoms with Crippen LogP contribution in [0.4, 0.5) is 0 Å². The summed E-state index contributed by atoms with van der Waals surface area (Å²) in [5.74, 6) is 0.700. The van der Waals surface area contributed by atoms with Crippen molar-refractivity contribution in [2.24, 2.45) is 5.92 Å². The first-order chi connectivity index (χ1) is 10.8. The molecule has 0 amide bonds. The minimum absolute atomic E-state index is 0.274. The third-order valence-corrected chi connectivity index (χ3v) is 6.69. The van der Waals surface area contributed by atoms with Crippen molar-refractivity contribution in [3.63, 3.8) is 0 Å². The van der Waals surface area contributed by atoms with Crippen LogP contribution in [0, 0.1) is 5.92 Å². The van der Waals surface area contributed by atoms with E-state index in [1.807, 2.05) is 18.3 Å². The second-order valence-electron chi connectivity index (χ2n) is 6.61. The van der Waals surface area contributed by atoms with Crippen molar-refractivity contribution in [3.05, 3.63) is 42.1 Å². The van der Waals surface area contributed by atoms with Gasteiger partial charge in [0.15, 0.2) is 0 Å². The monoisotopic (exact) mass is 311 g/mol. The van der Waals surface area contributed by atoms with Crippen LogP contribution in [0.5, 0.6) is 0 Å².